The topological polar surface area (TPSA) is 39.1 Å². The van der Waals surface area contributed by atoms with Gasteiger partial charge in [0.05, 0.1) is 18.8 Å². The molecule has 0 radical (unpaired) electrons. The SMILES string of the molecule is C=CCn1cc(CNCCOC)c(C)n1. The van der Waals surface area contributed by atoms with Crippen LogP contribution in [0.5, 0.6) is 0 Å². The van der Waals surface area contributed by atoms with Crippen LogP contribution >= 0.6 is 0 Å². The Kier molecular flexibility index (Phi) is 5.07. The van der Waals surface area contributed by atoms with Crippen LogP contribution in [0, 0.1) is 6.92 Å². The summed E-state index contributed by atoms with van der Waals surface area (Å²) in [6.07, 6.45) is 3.89. The van der Waals surface area contributed by atoms with Gasteiger partial charge in [-0.2, -0.15) is 5.10 Å². The van der Waals surface area contributed by atoms with Crippen molar-refractivity contribution in [2.45, 2.75) is 20.0 Å². The maximum Gasteiger partial charge on any atom is 0.0638 e. The van der Waals surface area contributed by atoms with Crippen LogP contribution in [0.25, 0.3) is 0 Å². The summed E-state index contributed by atoms with van der Waals surface area (Å²) < 4.78 is 6.86. The van der Waals surface area contributed by atoms with E-state index in [0.29, 0.717) is 0 Å². The van der Waals surface area contributed by atoms with Crippen molar-refractivity contribution in [1.82, 2.24) is 15.1 Å². The van der Waals surface area contributed by atoms with Crippen LogP contribution in [-0.4, -0.2) is 30.0 Å². The third kappa shape index (κ3) is 3.85. The fraction of sp³-hybridized carbons (Fsp3) is 0.545. The fourth-order valence-corrected chi connectivity index (χ4v) is 1.36. The normalized spacial score (nSPS) is 10.5. The molecule has 0 aliphatic carbocycles. The number of rotatable bonds is 7. The van der Waals surface area contributed by atoms with Gasteiger partial charge in [0.25, 0.3) is 0 Å². The molecule has 1 aromatic rings. The summed E-state index contributed by atoms with van der Waals surface area (Å²) in [5.41, 5.74) is 2.30. The molecular formula is C11H19N3O. The van der Waals surface area contributed by atoms with Crippen LogP contribution in [0.15, 0.2) is 18.9 Å². The van der Waals surface area contributed by atoms with Gasteiger partial charge in [-0.1, -0.05) is 6.08 Å². The zero-order valence-electron chi connectivity index (χ0n) is 9.49. The van der Waals surface area contributed by atoms with Crippen LogP contribution in [0.3, 0.4) is 0 Å². The van der Waals surface area contributed by atoms with Crippen molar-refractivity contribution in [3.05, 3.63) is 30.1 Å². The first-order chi connectivity index (χ1) is 7.27. The van der Waals surface area contributed by atoms with E-state index in [9.17, 15) is 0 Å². The summed E-state index contributed by atoms with van der Waals surface area (Å²) in [6.45, 7) is 8.91. The Morgan fingerprint density at radius 3 is 3.13 bits per heavy atom. The van der Waals surface area contributed by atoms with E-state index >= 15 is 0 Å². The molecule has 1 aromatic heterocycles. The van der Waals surface area contributed by atoms with E-state index in [0.717, 1.165) is 31.9 Å². The monoisotopic (exact) mass is 209 g/mol. The van der Waals surface area contributed by atoms with Gasteiger partial charge in [-0.15, -0.1) is 6.58 Å². The highest BCUT2D eigenvalue weighted by molar-refractivity contribution is 5.15. The minimum Gasteiger partial charge on any atom is -0.383 e. The van der Waals surface area contributed by atoms with Crippen LogP contribution in [0.2, 0.25) is 0 Å². The predicted octanol–water partition coefficient (Wildman–Crippen LogP) is 1.11. The quantitative estimate of drug-likeness (QED) is 0.540. The third-order valence-corrected chi connectivity index (χ3v) is 2.16. The Labute approximate surface area is 90.9 Å². The highest BCUT2D eigenvalue weighted by Crippen LogP contribution is 2.04. The van der Waals surface area contributed by atoms with Crippen LogP contribution in [-0.2, 0) is 17.8 Å². The number of nitrogens with zero attached hydrogens (tertiary/aromatic N) is 2. The number of ether oxygens (including phenoxy) is 1. The first kappa shape index (κ1) is 11.9. The molecule has 0 saturated carbocycles. The highest BCUT2D eigenvalue weighted by Gasteiger charge is 2.02. The van der Waals surface area contributed by atoms with E-state index in [1.54, 1.807) is 7.11 Å². The number of methoxy groups -OCH3 is 1. The Morgan fingerprint density at radius 2 is 2.47 bits per heavy atom. The summed E-state index contributed by atoms with van der Waals surface area (Å²) >= 11 is 0. The zero-order valence-corrected chi connectivity index (χ0v) is 9.49. The van der Waals surface area contributed by atoms with Crippen molar-refractivity contribution in [2.75, 3.05) is 20.3 Å². The lowest BCUT2D eigenvalue weighted by Crippen LogP contribution is -2.18. The molecule has 0 aliphatic rings. The van der Waals surface area contributed by atoms with Gasteiger partial charge in [0.1, 0.15) is 0 Å². The summed E-state index contributed by atoms with van der Waals surface area (Å²) in [5, 5.41) is 7.67. The van der Waals surface area contributed by atoms with Crippen molar-refractivity contribution in [3.63, 3.8) is 0 Å². The molecule has 4 nitrogen and oxygen atoms in total. The van der Waals surface area contributed by atoms with Gasteiger partial charge in [-0.25, -0.2) is 0 Å². The standard InChI is InChI=1S/C11H19N3O/c1-4-6-14-9-11(10(2)13-14)8-12-5-7-15-3/h4,9,12H,1,5-8H2,2-3H3. The molecule has 1 N–H and O–H groups in total. The van der Waals surface area contributed by atoms with E-state index in [2.05, 4.69) is 23.2 Å². The van der Waals surface area contributed by atoms with Crippen molar-refractivity contribution in [3.8, 4) is 0 Å². The second-order valence-corrected chi connectivity index (χ2v) is 3.42. The number of aryl methyl sites for hydroxylation is 1. The molecule has 0 bridgehead atoms. The van der Waals surface area contributed by atoms with E-state index in [4.69, 9.17) is 4.74 Å². The third-order valence-electron chi connectivity index (χ3n) is 2.16. The van der Waals surface area contributed by atoms with E-state index in [-0.39, 0.29) is 0 Å². The maximum atomic E-state index is 4.96. The van der Waals surface area contributed by atoms with Crippen LogP contribution < -0.4 is 5.32 Å². The smallest absolute Gasteiger partial charge is 0.0638 e. The Hall–Kier alpha value is -1.13. The number of allylic oxidation sites excluding steroid dienone is 1. The lowest BCUT2D eigenvalue weighted by molar-refractivity contribution is 0.199. The van der Waals surface area contributed by atoms with Crippen LogP contribution in [0.1, 0.15) is 11.3 Å². The average Bonchev–Trinajstić information content (AvgIpc) is 2.55. The molecule has 15 heavy (non-hydrogen) atoms. The van der Waals surface area contributed by atoms with Gasteiger partial charge in [0.15, 0.2) is 0 Å². The fourth-order valence-electron chi connectivity index (χ4n) is 1.36. The van der Waals surface area contributed by atoms with Crippen molar-refractivity contribution in [2.24, 2.45) is 0 Å². The Balaban J connectivity index is 2.42. The lowest BCUT2D eigenvalue weighted by atomic mass is 10.2. The Bertz CT molecular complexity index is 307. The molecule has 0 amide bonds. The largest absolute Gasteiger partial charge is 0.383 e. The van der Waals surface area contributed by atoms with Gasteiger partial charge in [0, 0.05) is 32.0 Å². The molecule has 84 valence electrons. The molecule has 0 aromatic carbocycles. The highest BCUT2D eigenvalue weighted by atomic mass is 16.5. The first-order valence-electron chi connectivity index (χ1n) is 5.11. The van der Waals surface area contributed by atoms with Gasteiger partial charge < -0.3 is 10.1 Å². The second kappa shape index (κ2) is 6.37. The van der Waals surface area contributed by atoms with Gasteiger partial charge in [0.2, 0.25) is 0 Å². The molecular weight excluding hydrogens is 190 g/mol. The molecule has 0 saturated heterocycles. The molecule has 0 spiro atoms. The van der Waals surface area contributed by atoms with Crippen molar-refractivity contribution in [1.29, 1.82) is 0 Å². The van der Waals surface area contributed by atoms with E-state index in [1.807, 2.05) is 17.7 Å². The number of nitrogens with one attached hydrogen (secondary N) is 1. The second-order valence-electron chi connectivity index (χ2n) is 3.42. The molecule has 0 aliphatic heterocycles. The summed E-state index contributed by atoms with van der Waals surface area (Å²) in [6, 6.07) is 0. The summed E-state index contributed by atoms with van der Waals surface area (Å²) in [4.78, 5) is 0. The molecule has 4 heteroatoms. The van der Waals surface area contributed by atoms with Gasteiger partial charge in [-0.3, -0.25) is 4.68 Å². The lowest BCUT2D eigenvalue weighted by Gasteiger charge is -2.01. The molecule has 0 unspecified atom stereocenters. The molecule has 1 rings (SSSR count). The molecule has 0 atom stereocenters. The Morgan fingerprint density at radius 1 is 1.67 bits per heavy atom. The van der Waals surface area contributed by atoms with Gasteiger partial charge in [-0.05, 0) is 6.92 Å². The number of hydrogen-bond acceptors (Lipinski definition) is 3. The maximum absolute atomic E-state index is 4.96. The van der Waals surface area contributed by atoms with Crippen molar-refractivity contribution >= 4 is 0 Å². The molecule has 1 heterocycles. The first-order valence-corrected chi connectivity index (χ1v) is 5.11. The molecule has 0 fully saturated rings. The van der Waals surface area contributed by atoms with E-state index < -0.39 is 0 Å². The summed E-state index contributed by atoms with van der Waals surface area (Å²) in [5.74, 6) is 0. The van der Waals surface area contributed by atoms with Crippen molar-refractivity contribution < 1.29 is 4.74 Å². The average molecular weight is 209 g/mol. The minimum atomic E-state index is 0.736. The zero-order chi connectivity index (χ0) is 11.1. The predicted molar refractivity (Wildman–Crippen MR) is 60.7 cm³/mol. The van der Waals surface area contributed by atoms with Gasteiger partial charge >= 0.3 is 0 Å². The number of hydrogen-bond donors (Lipinski definition) is 1. The summed E-state index contributed by atoms with van der Waals surface area (Å²) in [7, 11) is 1.70. The van der Waals surface area contributed by atoms with E-state index in [1.165, 1.54) is 5.56 Å². The van der Waals surface area contributed by atoms with Crippen LogP contribution in [0.4, 0.5) is 0 Å². The number of aromatic nitrogens is 2. The minimum absolute atomic E-state index is 0.736.